The summed E-state index contributed by atoms with van der Waals surface area (Å²) in [6.07, 6.45) is -3.07. The standard InChI is InChI=1S/C16H19F3N2O3/c1-24-15(23)11-6-8-21(9-7-11)10-14(22)20-13-4-2-12(3-5-13)16(17,18)19/h2-5,11H,6-10H2,1H3,(H,20,22)/p+1. The maximum absolute atomic E-state index is 12.5. The fraction of sp³-hybridized carbons (Fsp3) is 0.500. The third-order valence-electron chi connectivity index (χ3n) is 4.13. The van der Waals surface area contributed by atoms with Crippen LogP contribution in [-0.2, 0) is 20.5 Å². The van der Waals surface area contributed by atoms with E-state index in [0.29, 0.717) is 31.6 Å². The lowest BCUT2D eigenvalue weighted by Crippen LogP contribution is -3.14. The Morgan fingerprint density at radius 1 is 1.21 bits per heavy atom. The highest BCUT2D eigenvalue weighted by Gasteiger charge is 2.30. The Hall–Kier alpha value is -2.09. The number of anilines is 1. The van der Waals surface area contributed by atoms with Crippen LogP contribution in [-0.4, -0.2) is 38.6 Å². The number of hydrogen-bond donors (Lipinski definition) is 2. The third kappa shape index (κ3) is 4.95. The number of piperidine rings is 1. The first-order valence-electron chi connectivity index (χ1n) is 7.68. The quantitative estimate of drug-likeness (QED) is 0.804. The van der Waals surface area contributed by atoms with Gasteiger partial charge in [-0.2, -0.15) is 13.2 Å². The van der Waals surface area contributed by atoms with Gasteiger partial charge in [0.2, 0.25) is 0 Å². The Labute approximate surface area is 137 Å². The number of likely N-dealkylation sites (tertiary alicyclic amines) is 1. The topological polar surface area (TPSA) is 59.8 Å². The fourth-order valence-electron chi connectivity index (χ4n) is 2.78. The van der Waals surface area contributed by atoms with E-state index in [0.717, 1.165) is 17.0 Å². The molecule has 1 aliphatic heterocycles. The van der Waals surface area contributed by atoms with Crippen molar-refractivity contribution in [3.05, 3.63) is 29.8 Å². The van der Waals surface area contributed by atoms with Gasteiger partial charge >= 0.3 is 12.1 Å². The van der Waals surface area contributed by atoms with E-state index in [9.17, 15) is 22.8 Å². The van der Waals surface area contributed by atoms with Crippen LogP contribution < -0.4 is 10.2 Å². The molecule has 0 spiro atoms. The Balaban J connectivity index is 1.81. The van der Waals surface area contributed by atoms with Gasteiger partial charge in [0.15, 0.2) is 6.54 Å². The second-order valence-electron chi connectivity index (χ2n) is 5.85. The molecule has 24 heavy (non-hydrogen) atoms. The highest BCUT2D eigenvalue weighted by atomic mass is 19.4. The summed E-state index contributed by atoms with van der Waals surface area (Å²) >= 11 is 0. The van der Waals surface area contributed by atoms with E-state index in [-0.39, 0.29) is 24.3 Å². The van der Waals surface area contributed by atoms with Gasteiger partial charge in [-0.3, -0.25) is 9.59 Å². The van der Waals surface area contributed by atoms with Gasteiger partial charge in [-0.05, 0) is 24.3 Å². The number of alkyl halides is 3. The van der Waals surface area contributed by atoms with Crippen LogP contribution in [0.25, 0.3) is 0 Å². The van der Waals surface area contributed by atoms with Crippen LogP contribution in [0, 0.1) is 5.92 Å². The fourth-order valence-corrected chi connectivity index (χ4v) is 2.78. The third-order valence-corrected chi connectivity index (χ3v) is 4.13. The number of halogens is 3. The number of benzene rings is 1. The minimum absolute atomic E-state index is 0.114. The summed E-state index contributed by atoms with van der Waals surface area (Å²) in [5.74, 6) is -0.596. The van der Waals surface area contributed by atoms with Crippen LogP contribution in [0.4, 0.5) is 18.9 Å². The monoisotopic (exact) mass is 345 g/mol. The van der Waals surface area contributed by atoms with Crippen molar-refractivity contribution in [1.82, 2.24) is 0 Å². The predicted molar refractivity (Wildman–Crippen MR) is 80.4 cm³/mol. The van der Waals surface area contributed by atoms with Gasteiger partial charge in [-0.15, -0.1) is 0 Å². The summed E-state index contributed by atoms with van der Waals surface area (Å²) in [5, 5.41) is 2.59. The Morgan fingerprint density at radius 3 is 2.29 bits per heavy atom. The molecule has 2 N–H and O–H groups in total. The molecule has 1 aromatic rings. The first-order valence-corrected chi connectivity index (χ1v) is 7.68. The van der Waals surface area contributed by atoms with Crippen LogP contribution in [0.2, 0.25) is 0 Å². The van der Waals surface area contributed by atoms with E-state index in [2.05, 4.69) is 5.32 Å². The second-order valence-corrected chi connectivity index (χ2v) is 5.85. The first-order chi connectivity index (χ1) is 11.3. The van der Waals surface area contributed by atoms with E-state index >= 15 is 0 Å². The number of esters is 1. The SMILES string of the molecule is COC(=O)C1CC[NH+](CC(=O)Nc2ccc(C(F)(F)F)cc2)CC1. The van der Waals surface area contributed by atoms with E-state index in [4.69, 9.17) is 4.74 Å². The maximum Gasteiger partial charge on any atom is 0.416 e. The lowest BCUT2D eigenvalue weighted by atomic mass is 9.97. The van der Waals surface area contributed by atoms with Gasteiger partial charge in [-0.25, -0.2) is 0 Å². The molecule has 8 heteroatoms. The van der Waals surface area contributed by atoms with E-state index in [1.807, 2.05) is 0 Å². The summed E-state index contributed by atoms with van der Waals surface area (Å²) in [4.78, 5) is 24.5. The van der Waals surface area contributed by atoms with Crippen molar-refractivity contribution in [3.63, 3.8) is 0 Å². The predicted octanol–water partition coefficient (Wildman–Crippen LogP) is 1.11. The van der Waals surface area contributed by atoms with Crippen LogP contribution in [0.5, 0.6) is 0 Å². The molecule has 0 bridgehead atoms. The van der Waals surface area contributed by atoms with Gasteiger partial charge in [0.05, 0.1) is 31.7 Å². The van der Waals surface area contributed by atoms with Crippen molar-refractivity contribution < 1.29 is 32.4 Å². The number of carbonyl (C=O) groups is 2. The molecule has 5 nitrogen and oxygen atoms in total. The van der Waals surface area contributed by atoms with Crippen LogP contribution in [0.15, 0.2) is 24.3 Å². The summed E-state index contributed by atoms with van der Waals surface area (Å²) in [6.45, 7) is 1.58. The molecular weight excluding hydrogens is 325 g/mol. The molecule has 1 saturated heterocycles. The maximum atomic E-state index is 12.5. The van der Waals surface area contributed by atoms with Gasteiger partial charge < -0.3 is 15.0 Å². The number of hydrogen-bond acceptors (Lipinski definition) is 3. The number of ether oxygens (including phenoxy) is 1. The minimum atomic E-state index is -4.39. The Bertz CT molecular complexity index is 579. The Morgan fingerprint density at radius 2 is 1.79 bits per heavy atom. The molecule has 132 valence electrons. The lowest BCUT2D eigenvalue weighted by molar-refractivity contribution is -0.897. The van der Waals surface area contributed by atoms with Crippen molar-refractivity contribution in [2.75, 3.05) is 32.1 Å². The minimum Gasteiger partial charge on any atom is -0.469 e. The molecule has 1 fully saturated rings. The van der Waals surface area contributed by atoms with Crippen molar-refractivity contribution in [3.8, 4) is 0 Å². The van der Waals surface area contributed by atoms with Gasteiger partial charge in [0.1, 0.15) is 0 Å². The summed E-state index contributed by atoms with van der Waals surface area (Å²) in [6, 6.07) is 4.34. The highest BCUT2D eigenvalue weighted by molar-refractivity contribution is 5.91. The number of rotatable bonds is 4. The molecule has 1 aromatic carbocycles. The summed E-state index contributed by atoms with van der Waals surface area (Å²) < 4.78 is 42.2. The average molecular weight is 345 g/mol. The molecule has 2 rings (SSSR count). The Kier molecular flexibility index (Phi) is 5.82. The molecule has 0 unspecified atom stereocenters. The van der Waals surface area contributed by atoms with E-state index < -0.39 is 11.7 Å². The zero-order chi connectivity index (χ0) is 17.7. The molecule has 0 radical (unpaired) electrons. The largest absolute Gasteiger partial charge is 0.469 e. The zero-order valence-electron chi connectivity index (χ0n) is 13.3. The summed E-state index contributed by atoms with van der Waals surface area (Å²) in [5.41, 5.74) is -0.423. The number of carbonyl (C=O) groups excluding carboxylic acids is 2. The molecule has 0 aliphatic carbocycles. The number of amides is 1. The first kappa shape index (κ1) is 18.3. The molecular formula is C16H20F3N2O3+. The van der Waals surface area contributed by atoms with Crippen molar-refractivity contribution in [2.45, 2.75) is 19.0 Å². The number of methoxy groups -OCH3 is 1. The van der Waals surface area contributed by atoms with Crippen LogP contribution >= 0.6 is 0 Å². The van der Waals surface area contributed by atoms with Gasteiger partial charge in [0, 0.05) is 18.5 Å². The zero-order valence-corrected chi connectivity index (χ0v) is 13.3. The molecule has 0 aromatic heterocycles. The molecule has 1 amide bonds. The van der Waals surface area contributed by atoms with Crippen molar-refractivity contribution >= 4 is 17.6 Å². The number of quaternary nitrogens is 1. The van der Waals surface area contributed by atoms with Gasteiger partial charge in [-0.1, -0.05) is 0 Å². The number of nitrogens with one attached hydrogen (secondary N) is 2. The van der Waals surface area contributed by atoms with Crippen LogP contribution in [0.3, 0.4) is 0 Å². The van der Waals surface area contributed by atoms with E-state index in [1.165, 1.54) is 19.2 Å². The van der Waals surface area contributed by atoms with Crippen molar-refractivity contribution in [2.24, 2.45) is 5.92 Å². The van der Waals surface area contributed by atoms with Crippen molar-refractivity contribution in [1.29, 1.82) is 0 Å². The summed E-state index contributed by atoms with van der Waals surface area (Å²) in [7, 11) is 1.36. The normalized spacial score (nSPS) is 21.2. The molecule has 0 atom stereocenters. The van der Waals surface area contributed by atoms with Crippen LogP contribution in [0.1, 0.15) is 18.4 Å². The second kappa shape index (κ2) is 7.65. The van der Waals surface area contributed by atoms with E-state index in [1.54, 1.807) is 0 Å². The average Bonchev–Trinajstić information content (AvgIpc) is 2.54. The van der Waals surface area contributed by atoms with Gasteiger partial charge in [0.25, 0.3) is 5.91 Å². The molecule has 1 aliphatic rings. The smallest absolute Gasteiger partial charge is 0.416 e. The lowest BCUT2D eigenvalue weighted by Gasteiger charge is -2.27. The molecule has 0 saturated carbocycles. The molecule has 1 heterocycles. The highest BCUT2D eigenvalue weighted by Crippen LogP contribution is 2.29.